The smallest absolute Gasteiger partial charge is 0.281 e. The molecule has 0 aliphatic carbocycles. The predicted octanol–water partition coefficient (Wildman–Crippen LogP) is 2.36. The molecule has 1 atom stereocenters. The fourth-order valence-corrected chi connectivity index (χ4v) is 2.33. The molecule has 1 heterocycles. The van der Waals surface area contributed by atoms with Gasteiger partial charge in [0.1, 0.15) is 0 Å². The fraction of sp³-hybridized carbons (Fsp3) is 0.133. The van der Waals surface area contributed by atoms with Gasteiger partial charge in [0.15, 0.2) is 17.7 Å². The van der Waals surface area contributed by atoms with Gasteiger partial charge in [-0.2, -0.15) is 5.06 Å². The summed E-state index contributed by atoms with van der Waals surface area (Å²) in [6, 6.07) is 11.6. The molecule has 1 aliphatic heterocycles. The fourth-order valence-electron chi connectivity index (χ4n) is 2.33. The molecule has 3 rings (SSSR count). The number of para-hydroxylation sites is 1. The second kappa shape index (κ2) is 4.99. The van der Waals surface area contributed by atoms with Gasteiger partial charge in [0.2, 0.25) is 0 Å². The summed E-state index contributed by atoms with van der Waals surface area (Å²) in [5.74, 6) is -0.219. The Morgan fingerprint density at radius 1 is 1.24 bits per heavy atom. The van der Waals surface area contributed by atoms with Crippen molar-refractivity contribution >= 4 is 11.6 Å². The van der Waals surface area contributed by atoms with E-state index in [9.17, 15) is 15.1 Å². The number of ether oxygens (including phenoxy) is 1. The van der Waals surface area contributed by atoms with Crippen LogP contribution in [-0.2, 0) is 0 Å². The topological polar surface area (TPSA) is 82.0 Å². The van der Waals surface area contributed by atoms with Gasteiger partial charge in [0, 0.05) is 11.3 Å². The van der Waals surface area contributed by atoms with Crippen molar-refractivity contribution in [2.24, 2.45) is 0 Å². The van der Waals surface area contributed by atoms with Crippen LogP contribution in [0.4, 0.5) is 5.69 Å². The van der Waals surface area contributed by atoms with E-state index in [1.54, 1.807) is 36.4 Å². The normalized spacial score (nSPS) is 17.1. The van der Waals surface area contributed by atoms with Crippen molar-refractivity contribution < 1.29 is 19.8 Å². The standard InChI is InChI=1S/C15H14N2O4/c1-21-13-8-9(6-7-12(13)18)14-16-11-5-3-2-4-10(11)15(19)17(14)20/h2-8,14,16,18,20H,1H3/t14-/m0/s1. The molecule has 0 aromatic heterocycles. The number of nitrogens with one attached hydrogen (secondary N) is 1. The summed E-state index contributed by atoms with van der Waals surface area (Å²) in [5.41, 5.74) is 1.64. The van der Waals surface area contributed by atoms with E-state index in [2.05, 4.69) is 5.32 Å². The molecule has 21 heavy (non-hydrogen) atoms. The maximum Gasteiger partial charge on any atom is 0.281 e. The van der Waals surface area contributed by atoms with E-state index in [0.717, 1.165) is 0 Å². The van der Waals surface area contributed by atoms with Crippen LogP contribution in [0.25, 0.3) is 0 Å². The first-order valence-corrected chi connectivity index (χ1v) is 6.36. The minimum atomic E-state index is -0.748. The highest BCUT2D eigenvalue weighted by Crippen LogP contribution is 2.35. The van der Waals surface area contributed by atoms with Gasteiger partial charge in [0.05, 0.1) is 12.7 Å². The van der Waals surface area contributed by atoms with E-state index in [4.69, 9.17) is 4.74 Å². The van der Waals surface area contributed by atoms with Gasteiger partial charge in [-0.1, -0.05) is 18.2 Å². The van der Waals surface area contributed by atoms with Crippen molar-refractivity contribution in [3.63, 3.8) is 0 Å². The number of hydrogen-bond acceptors (Lipinski definition) is 5. The Kier molecular flexibility index (Phi) is 3.15. The number of rotatable bonds is 2. The average molecular weight is 286 g/mol. The van der Waals surface area contributed by atoms with Crippen LogP contribution in [-0.4, -0.2) is 28.4 Å². The number of carbonyl (C=O) groups is 1. The summed E-state index contributed by atoms with van der Waals surface area (Å²) in [6.07, 6.45) is -0.748. The summed E-state index contributed by atoms with van der Waals surface area (Å²) in [4.78, 5) is 12.2. The number of methoxy groups -OCH3 is 1. The molecule has 0 spiro atoms. The highest BCUT2D eigenvalue weighted by molar-refractivity contribution is 6.01. The van der Waals surface area contributed by atoms with E-state index in [1.807, 2.05) is 0 Å². The lowest BCUT2D eigenvalue weighted by atomic mass is 10.0. The SMILES string of the molecule is COc1cc([C@H]2Nc3ccccc3C(=O)N2O)ccc1O. The second-order valence-corrected chi connectivity index (χ2v) is 4.67. The van der Waals surface area contributed by atoms with Crippen molar-refractivity contribution in [2.45, 2.75) is 6.17 Å². The number of aromatic hydroxyl groups is 1. The predicted molar refractivity (Wildman–Crippen MR) is 75.4 cm³/mol. The number of hydroxylamine groups is 2. The van der Waals surface area contributed by atoms with Gasteiger partial charge in [0.25, 0.3) is 5.91 Å². The van der Waals surface area contributed by atoms with Gasteiger partial charge in [-0.05, 0) is 24.3 Å². The molecule has 0 unspecified atom stereocenters. The summed E-state index contributed by atoms with van der Waals surface area (Å²) >= 11 is 0. The number of carbonyl (C=O) groups excluding carboxylic acids is 1. The molecule has 108 valence electrons. The van der Waals surface area contributed by atoms with E-state index < -0.39 is 12.1 Å². The Balaban J connectivity index is 2.02. The van der Waals surface area contributed by atoms with Crippen LogP contribution in [0.3, 0.4) is 0 Å². The van der Waals surface area contributed by atoms with Crippen molar-refractivity contribution in [1.29, 1.82) is 0 Å². The number of benzene rings is 2. The third kappa shape index (κ3) is 2.15. The minimum absolute atomic E-state index is 0.00623. The van der Waals surface area contributed by atoms with Crippen LogP contribution in [0.15, 0.2) is 42.5 Å². The van der Waals surface area contributed by atoms with Crippen LogP contribution >= 0.6 is 0 Å². The maximum atomic E-state index is 12.2. The Morgan fingerprint density at radius 2 is 2.00 bits per heavy atom. The third-order valence-electron chi connectivity index (χ3n) is 3.42. The summed E-state index contributed by atoms with van der Waals surface area (Å²) in [7, 11) is 1.43. The number of phenols is 1. The molecule has 1 amide bonds. The van der Waals surface area contributed by atoms with Crippen molar-refractivity contribution in [3.8, 4) is 11.5 Å². The molecule has 3 N–H and O–H groups in total. The molecular weight excluding hydrogens is 272 g/mol. The number of nitrogens with zero attached hydrogens (tertiary/aromatic N) is 1. The number of hydrogen-bond donors (Lipinski definition) is 3. The lowest BCUT2D eigenvalue weighted by Gasteiger charge is -2.33. The van der Waals surface area contributed by atoms with Crippen LogP contribution in [0, 0.1) is 0 Å². The zero-order valence-corrected chi connectivity index (χ0v) is 11.3. The zero-order valence-electron chi connectivity index (χ0n) is 11.3. The summed E-state index contributed by atoms with van der Waals surface area (Å²) in [5, 5.41) is 23.4. The molecule has 1 aliphatic rings. The van der Waals surface area contributed by atoms with E-state index in [-0.39, 0.29) is 11.5 Å². The Morgan fingerprint density at radius 3 is 2.76 bits per heavy atom. The average Bonchev–Trinajstić information content (AvgIpc) is 2.51. The van der Waals surface area contributed by atoms with E-state index in [1.165, 1.54) is 13.2 Å². The molecule has 0 bridgehead atoms. The molecule has 6 heteroatoms. The monoisotopic (exact) mass is 286 g/mol. The Hall–Kier alpha value is -2.73. The maximum absolute atomic E-state index is 12.2. The van der Waals surface area contributed by atoms with Gasteiger partial charge in [-0.25, -0.2) is 0 Å². The van der Waals surface area contributed by atoms with Crippen LogP contribution < -0.4 is 10.1 Å². The molecule has 0 radical (unpaired) electrons. The van der Waals surface area contributed by atoms with E-state index in [0.29, 0.717) is 21.9 Å². The van der Waals surface area contributed by atoms with Crippen molar-refractivity contribution in [3.05, 3.63) is 53.6 Å². The Bertz CT molecular complexity index is 702. The molecule has 2 aromatic rings. The van der Waals surface area contributed by atoms with Gasteiger partial charge >= 0.3 is 0 Å². The highest BCUT2D eigenvalue weighted by atomic mass is 16.5. The van der Waals surface area contributed by atoms with Crippen LogP contribution in [0.1, 0.15) is 22.1 Å². The van der Waals surface area contributed by atoms with Crippen molar-refractivity contribution in [1.82, 2.24) is 5.06 Å². The summed E-state index contributed by atoms with van der Waals surface area (Å²) in [6.45, 7) is 0. The quantitative estimate of drug-likeness (QED) is 0.738. The summed E-state index contributed by atoms with van der Waals surface area (Å²) < 4.78 is 5.05. The van der Waals surface area contributed by atoms with Crippen LogP contribution in [0.5, 0.6) is 11.5 Å². The van der Waals surface area contributed by atoms with Gasteiger partial charge < -0.3 is 15.2 Å². The Labute approximate surface area is 121 Å². The lowest BCUT2D eigenvalue weighted by molar-refractivity contribution is -0.0851. The molecule has 0 fully saturated rings. The number of amides is 1. The minimum Gasteiger partial charge on any atom is -0.504 e. The first-order valence-electron chi connectivity index (χ1n) is 6.36. The number of anilines is 1. The second-order valence-electron chi connectivity index (χ2n) is 4.67. The third-order valence-corrected chi connectivity index (χ3v) is 3.42. The van der Waals surface area contributed by atoms with Gasteiger partial charge in [-0.15, -0.1) is 0 Å². The largest absolute Gasteiger partial charge is 0.504 e. The zero-order chi connectivity index (χ0) is 15.0. The molecule has 0 saturated carbocycles. The van der Waals surface area contributed by atoms with E-state index >= 15 is 0 Å². The molecule has 2 aromatic carbocycles. The first kappa shape index (κ1) is 13.3. The first-order chi connectivity index (χ1) is 10.1. The van der Waals surface area contributed by atoms with Gasteiger partial charge in [-0.3, -0.25) is 10.0 Å². The molecular formula is C15H14N2O4. The number of fused-ring (bicyclic) bond motifs is 1. The number of phenolic OH excluding ortho intramolecular Hbond substituents is 1. The lowest BCUT2D eigenvalue weighted by Crippen LogP contribution is -2.40. The molecule has 0 saturated heterocycles. The van der Waals surface area contributed by atoms with Crippen molar-refractivity contribution in [2.75, 3.05) is 12.4 Å². The highest BCUT2D eigenvalue weighted by Gasteiger charge is 2.32. The molecule has 6 nitrogen and oxygen atoms in total. The van der Waals surface area contributed by atoms with Crippen LogP contribution in [0.2, 0.25) is 0 Å².